The van der Waals surface area contributed by atoms with Crippen LogP contribution in [0.3, 0.4) is 0 Å². The van der Waals surface area contributed by atoms with Crippen LogP contribution < -0.4 is 0 Å². The topological polar surface area (TPSA) is 20.2 Å². The lowest BCUT2D eigenvalue weighted by Gasteiger charge is -2.31. The van der Waals surface area contributed by atoms with Crippen molar-refractivity contribution in [1.29, 1.82) is 0 Å². The summed E-state index contributed by atoms with van der Waals surface area (Å²) < 4.78 is 8.07. The molecule has 1 aliphatic rings. The van der Waals surface area contributed by atoms with Crippen molar-refractivity contribution in [1.82, 2.24) is 0 Å². The minimum absolute atomic E-state index is 0.674. The molecule has 1 rings (SSSR count). The predicted molar refractivity (Wildman–Crippen MR) is 47.4 cm³/mol. The molecule has 0 aromatic heterocycles. The standard InChI is InChI=1S/C10H18O/c1-8-4-6-9(7-5-8)10(2,3)11/h4,9,11H,5-7H2,1-3H3/t9-/m1/s1/i9D. The Balaban J connectivity index is 2.77. The van der Waals surface area contributed by atoms with Gasteiger partial charge in [-0.05, 0) is 45.9 Å². The summed E-state index contributed by atoms with van der Waals surface area (Å²) in [6.07, 6.45) is 4.49. The minimum atomic E-state index is -0.885. The highest BCUT2D eigenvalue weighted by Crippen LogP contribution is 2.31. The Morgan fingerprint density at radius 1 is 1.73 bits per heavy atom. The van der Waals surface area contributed by atoms with Gasteiger partial charge < -0.3 is 5.11 Å². The van der Waals surface area contributed by atoms with Crippen LogP contribution in [-0.4, -0.2) is 10.7 Å². The molecule has 0 saturated heterocycles. The van der Waals surface area contributed by atoms with E-state index in [9.17, 15) is 5.11 Å². The van der Waals surface area contributed by atoms with Gasteiger partial charge in [-0.2, -0.15) is 0 Å². The van der Waals surface area contributed by atoms with Crippen molar-refractivity contribution in [2.75, 3.05) is 0 Å². The molecule has 0 unspecified atom stereocenters. The molecule has 1 atom stereocenters. The van der Waals surface area contributed by atoms with E-state index in [-0.39, 0.29) is 0 Å². The molecule has 1 N–H and O–H groups in total. The number of aliphatic hydroxyl groups is 1. The third-order valence-corrected chi connectivity index (χ3v) is 2.38. The molecular weight excluding hydrogens is 136 g/mol. The van der Waals surface area contributed by atoms with Gasteiger partial charge in [0.15, 0.2) is 0 Å². The van der Waals surface area contributed by atoms with Crippen molar-refractivity contribution in [3.8, 4) is 0 Å². The molecule has 0 aliphatic heterocycles. The predicted octanol–water partition coefficient (Wildman–Crippen LogP) is 2.50. The minimum Gasteiger partial charge on any atom is -0.390 e. The maximum Gasteiger partial charge on any atom is 0.0622 e. The van der Waals surface area contributed by atoms with Crippen LogP contribution in [0.25, 0.3) is 0 Å². The number of rotatable bonds is 1. The van der Waals surface area contributed by atoms with Crippen molar-refractivity contribution in [2.24, 2.45) is 5.89 Å². The van der Waals surface area contributed by atoms with E-state index in [2.05, 4.69) is 13.0 Å². The quantitative estimate of drug-likeness (QED) is 0.577. The molecule has 11 heavy (non-hydrogen) atoms. The van der Waals surface area contributed by atoms with Gasteiger partial charge in [0.1, 0.15) is 0 Å². The second-order valence-electron chi connectivity index (χ2n) is 3.92. The average Bonchev–Trinajstić information content (AvgIpc) is 1.93. The molecular formula is C10H18O. The Morgan fingerprint density at radius 3 is 2.73 bits per heavy atom. The van der Waals surface area contributed by atoms with Crippen molar-refractivity contribution in [3.05, 3.63) is 11.6 Å². The zero-order valence-corrected chi connectivity index (χ0v) is 7.65. The van der Waals surface area contributed by atoms with Crippen molar-refractivity contribution in [2.45, 2.75) is 45.6 Å². The van der Waals surface area contributed by atoms with Gasteiger partial charge >= 0.3 is 0 Å². The first-order valence-corrected chi connectivity index (χ1v) is 4.23. The van der Waals surface area contributed by atoms with E-state index in [4.69, 9.17) is 1.37 Å². The van der Waals surface area contributed by atoms with Crippen LogP contribution in [0, 0.1) is 5.89 Å². The molecule has 0 amide bonds. The highest BCUT2D eigenvalue weighted by Gasteiger charge is 2.27. The van der Waals surface area contributed by atoms with Crippen LogP contribution in [0.5, 0.6) is 0 Å². The van der Waals surface area contributed by atoms with Gasteiger partial charge in [0.25, 0.3) is 0 Å². The highest BCUT2D eigenvalue weighted by molar-refractivity contribution is 5.04. The van der Waals surface area contributed by atoms with Gasteiger partial charge in [-0.25, -0.2) is 0 Å². The molecule has 1 aliphatic carbocycles. The normalized spacial score (nSPS) is 34.5. The molecule has 0 bridgehead atoms. The summed E-state index contributed by atoms with van der Waals surface area (Å²) in [6.45, 7) is 5.55. The Labute approximate surface area is 70.5 Å². The largest absolute Gasteiger partial charge is 0.390 e. The van der Waals surface area contributed by atoms with E-state index in [1.54, 1.807) is 13.8 Å². The van der Waals surface area contributed by atoms with E-state index in [0.29, 0.717) is 6.42 Å². The molecule has 1 heteroatoms. The summed E-state index contributed by atoms with van der Waals surface area (Å²) in [5.74, 6) is -0.674. The molecule has 64 valence electrons. The summed E-state index contributed by atoms with van der Waals surface area (Å²) in [7, 11) is 0. The van der Waals surface area contributed by atoms with Gasteiger partial charge in [0, 0.05) is 1.37 Å². The molecule has 0 heterocycles. The average molecular weight is 155 g/mol. The monoisotopic (exact) mass is 155 g/mol. The Bertz CT molecular complexity index is 202. The van der Waals surface area contributed by atoms with E-state index in [1.165, 1.54) is 5.57 Å². The van der Waals surface area contributed by atoms with E-state index < -0.39 is 11.5 Å². The van der Waals surface area contributed by atoms with Crippen molar-refractivity contribution >= 4 is 0 Å². The van der Waals surface area contributed by atoms with Crippen molar-refractivity contribution in [3.63, 3.8) is 0 Å². The fourth-order valence-electron chi connectivity index (χ4n) is 1.41. The lowest BCUT2D eigenvalue weighted by atomic mass is 9.80. The van der Waals surface area contributed by atoms with Crippen molar-refractivity contribution < 1.29 is 6.48 Å². The van der Waals surface area contributed by atoms with Gasteiger partial charge in [0.05, 0.1) is 5.60 Å². The molecule has 1 nitrogen and oxygen atoms in total. The zero-order valence-electron chi connectivity index (χ0n) is 8.65. The number of hydrogen-bond acceptors (Lipinski definition) is 1. The SMILES string of the molecule is [2H][C@@]1(C(C)(C)O)CC=C(C)CC1. The number of hydrogen-bond donors (Lipinski definition) is 1. The molecule has 0 aromatic carbocycles. The number of allylic oxidation sites excluding steroid dienone is 2. The molecule has 0 fully saturated rings. The van der Waals surface area contributed by atoms with Gasteiger partial charge in [-0.3, -0.25) is 0 Å². The third-order valence-electron chi connectivity index (χ3n) is 2.38. The first-order valence-electron chi connectivity index (χ1n) is 4.73. The summed E-state index contributed by atoms with van der Waals surface area (Å²) >= 11 is 0. The van der Waals surface area contributed by atoms with Gasteiger partial charge in [0.2, 0.25) is 0 Å². The first kappa shape index (κ1) is 7.35. The lowest BCUT2D eigenvalue weighted by Crippen LogP contribution is -2.31. The Morgan fingerprint density at radius 2 is 2.36 bits per heavy atom. The lowest BCUT2D eigenvalue weighted by molar-refractivity contribution is 0.0126. The van der Waals surface area contributed by atoms with E-state index >= 15 is 0 Å². The molecule has 0 spiro atoms. The molecule has 0 aromatic rings. The Hall–Kier alpha value is -0.300. The summed E-state index contributed by atoms with van der Waals surface area (Å²) in [5, 5.41) is 9.77. The molecule has 0 radical (unpaired) electrons. The van der Waals surface area contributed by atoms with Crippen LogP contribution in [0.2, 0.25) is 0 Å². The third kappa shape index (κ3) is 2.33. The summed E-state index contributed by atoms with van der Waals surface area (Å²) in [6, 6.07) is 0. The van der Waals surface area contributed by atoms with Gasteiger partial charge in [-0.1, -0.05) is 11.6 Å². The van der Waals surface area contributed by atoms with Gasteiger partial charge in [-0.15, -0.1) is 0 Å². The van der Waals surface area contributed by atoms with Crippen LogP contribution in [0.4, 0.5) is 0 Å². The van der Waals surface area contributed by atoms with E-state index in [1.807, 2.05) is 0 Å². The van der Waals surface area contributed by atoms with Crippen LogP contribution in [0.15, 0.2) is 11.6 Å². The van der Waals surface area contributed by atoms with E-state index in [0.717, 1.165) is 12.8 Å². The second kappa shape index (κ2) is 2.98. The fourth-order valence-corrected chi connectivity index (χ4v) is 1.41. The summed E-state index contributed by atoms with van der Waals surface area (Å²) in [4.78, 5) is 0. The second-order valence-corrected chi connectivity index (χ2v) is 3.92. The highest BCUT2D eigenvalue weighted by atomic mass is 16.3. The molecule has 0 saturated carbocycles. The van der Waals surface area contributed by atoms with Crippen LogP contribution in [0.1, 0.15) is 41.4 Å². The maximum atomic E-state index is 9.77. The maximum absolute atomic E-state index is 9.77. The Kier molecular flexibility index (Phi) is 1.99. The first-order chi connectivity index (χ1) is 5.35. The van der Waals surface area contributed by atoms with Crippen LogP contribution >= 0.6 is 0 Å². The smallest absolute Gasteiger partial charge is 0.0622 e. The summed E-state index contributed by atoms with van der Waals surface area (Å²) in [5.41, 5.74) is 0.464. The fraction of sp³-hybridized carbons (Fsp3) is 0.800. The zero-order chi connectivity index (χ0) is 9.41. The van der Waals surface area contributed by atoms with Crippen LogP contribution in [-0.2, 0) is 0 Å².